The lowest BCUT2D eigenvalue weighted by molar-refractivity contribution is -0.274. The number of halogens is 4. The highest BCUT2D eigenvalue weighted by molar-refractivity contribution is 6.32. The maximum Gasteiger partial charge on any atom is 0.573 e. The van der Waals surface area contributed by atoms with Gasteiger partial charge < -0.3 is 14.8 Å². The van der Waals surface area contributed by atoms with Crippen LogP contribution in [0.4, 0.5) is 18.9 Å². The largest absolute Gasteiger partial charge is 0.573 e. The monoisotopic (exact) mass is 373 g/mol. The Morgan fingerprint density at radius 3 is 2.16 bits per heavy atom. The molecule has 0 aromatic heterocycles. The number of amides is 1. The Morgan fingerprint density at radius 2 is 1.64 bits per heavy atom. The van der Waals surface area contributed by atoms with Gasteiger partial charge in [-0.25, -0.2) is 0 Å². The first-order valence-electron chi connectivity index (χ1n) is 7.19. The summed E-state index contributed by atoms with van der Waals surface area (Å²) in [5, 5.41) is 3.15. The smallest absolute Gasteiger partial charge is 0.484 e. The van der Waals surface area contributed by atoms with Gasteiger partial charge in [0.1, 0.15) is 11.5 Å². The number of alkyl halides is 3. The molecular weight excluding hydrogens is 359 g/mol. The standard InChI is InChI=1S/C17H15ClF3NO3/c1-10-7-14(8-11(2)16(10)18)24-9-15(23)22-12-3-5-13(6-4-12)25-17(19,20)21/h3-8H,9H2,1-2H3,(H,22,23). The van der Waals surface area contributed by atoms with Gasteiger partial charge in [-0.05, 0) is 61.4 Å². The first-order chi connectivity index (χ1) is 11.6. The molecule has 0 atom stereocenters. The van der Waals surface area contributed by atoms with Gasteiger partial charge in [-0.1, -0.05) is 11.6 Å². The average molecular weight is 374 g/mol. The van der Waals surface area contributed by atoms with E-state index in [9.17, 15) is 18.0 Å². The van der Waals surface area contributed by atoms with Crippen LogP contribution in [-0.2, 0) is 4.79 Å². The van der Waals surface area contributed by atoms with Crippen LogP contribution in [0.15, 0.2) is 36.4 Å². The number of hydrogen-bond acceptors (Lipinski definition) is 3. The Labute approximate surface area is 147 Å². The fourth-order valence-electron chi connectivity index (χ4n) is 2.08. The number of benzene rings is 2. The van der Waals surface area contributed by atoms with Crippen LogP contribution in [0.2, 0.25) is 5.02 Å². The minimum Gasteiger partial charge on any atom is -0.484 e. The van der Waals surface area contributed by atoms with Gasteiger partial charge in [-0.2, -0.15) is 0 Å². The van der Waals surface area contributed by atoms with Crippen LogP contribution in [0.25, 0.3) is 0 Å². The number of ether oxygens (including phenoxy) is 2. The average Bonchev–Trinajstić information content (AvgIpc) is 2.51. The summed E-state index contributed by atoms with van der Waals surface area (Å²) in [5.41, 5.74) is 1.99. The third-order valence-corrected chi connectivity index (χ3v) is 3.75. The molecular formula is C17H15ClF3NO3. The minimum absolute atomic E-state index is 0.249. The Hall–Kier alpha value is -2.41. The zero-order chi connectivity index (χ0) is 18.6. The van der Waals surface area contributed by atoms with Crippen molar-refractivity contribution >= 4 is 23.2 Å². The van der Waals surface area contributed by atoms with E-state index in [2.05, 4.69) is 10.1 Å². The highest BCUT2D eigenvalue weighted by Crippen LogP contribution is 2.26. The zero-order valence-electron chi connectivity index (χ0n) is 13.4. The maximum absolute atomic E-state index is 12.1. The summed E-state index contributed by atoms with van der Waals surface area (Å²) in [7, 11) is 0. The fraction of sp³-hybridized carbons (Fsp3) is 0.235. The molecule has 0 aliphatic heterocycles. The molecule has 0 radical (unpaired) electrons. The van der Waals surface area contributed by atoms with E-state index in [0.29, 0.717) is 16.5 Å². The molecule has 4 nitrogen and oxygen atoms in total. The lowest BCUT2D eigenvalue weighted by Gasteiger charge is -2.11. The molecule has 0 spiro atoms. The predicted molar refractivity (Wildman–Crippen MR) is 88.2 cm³/mol. The molecule has 1 N–H and O–H groups in total. The van der Waals surface area contributed by atoms with Crippen LogP contribution in [-0.4, -0.2) is 18.9 Å². The number of carbonyl (C=O) groups is 1. The molecule has 0 saturated carbocycles. The first kappa shape index (κ1) is 18.9. The van der Waals surface area contributed by atoms with Crippen LogP contribution in [0.3, 0.4) is 0 Å². The second-order valence-electron chi connectivity index (χ2n) is 5.28. The maximum atomic E-state index is 12.1. The second-order valence-corrected chi connectivity index (χ2v) is 5.66. The molecule has 0 bridgehead atoms. The Morgan fingerprint density at radius 1 is 1.08 bits per heavy atom. The summed E-state index contributed by atoms with van der Waals surface area (Å²) in [6.45, 7) is 3.40. The molecule has 0 saturated heterocycles. The van der Waals surface area contributed by atoms with Crippen LogP contribution in [0.1, 0.15) is 11.1 Å². The van der Waals surface area contributed by atoms with Crippen LogP contribution >= 0.6 is 11.6 Å². The molecule has 0 aliphatic rings. The summed E-state index contributed by atoms with van der Waals surface area (Å²) in [6.07, 6.45) is -4.76. The summed E-state index contributed by atoms with van der Waals surface area (Å²) in [6, 6.07) is 8.24. The number of hydrogen-bond donors (Lipinski definition) is 1. The van der Waals surface area contributed by atoms with Crippen molar-refractivity contribution in [2.24, 2.45) is 0 Å². The van der Waals surface area contributed by atoms with E-state index in [1.165, 1.54) is 12.1 Å². The normalized spacial score (nSPS) is 11.1. The Bertz CT molecular complexity index is 738. The van der Waals surface area contributed by atoms with Gasteiger partial charge in [0.05, 0.1) is 0 Å². The van der Waals surface area contributed by atoms with Crippen LogP contribution in [0.5, 0.6) is 11.5 Å². The fourth-order valence-corrected chi connectivity index (χ4v) is 2.18. The highest BCUT2D eigenvalue weighted by atomic mass is 35.5. The molecule has 1 amide bonds. The van der Waals surface area contributed by atoms with Gasteiger partial charge in [-0.15, -0.1) is 13.2 Å². The van der Waals surface area contributed by atoms with Gasteiger partial charge in [0.15, 0.2) is 6.61 Å². The van der Waals surface area contributed by atoms with E-state index in [0.717, 1.165) is 23.3 Å². The minimum atomic E-state index is -4.76. The number of rotatable bonds is 5. The molecule has 2 aromatic carbocycles. The number of carbonyl (C=O) groups excluding carboxylic acids is 1. The van der Waals surface area contributed by atoms with E-state index in [-0.39, 0.29) is 12.4 Å². The van der Waals surface area contributed by atoms with Crippen molar-refractivity contribution in [2.45, 2.75) is 20.2 Å². The number of nitrogens with one attached hydrogen (secondary N) is 1. The number of aryl methyl sites for hydroxylation is 2. The van der Waals surface area contributed by atoms with Crippen molar-refractivity contribution in [1.82, 2.24) is 0 Å². The predicted octanol–water partition coefficient (Wildman–Crippen LogP) is 4.87. The van der Waals surface area contributed by atoms with Crippen molar-refractivity contribution in [3.05, 3.63) is 52.5 Å². The van der Waals surface area contributed by atoms with Gasteiger partial charge >= 0.3 is 6.36 Å². The Balaban J connectivity index is 1.90. The van der Waals surface area contributed by atoms with Crippen molar-refractivity contribution in [2.75, 3.05) is 11.9 Å². The molecule has 0 fully saturated rings. The van der Waals surface area contributed by atoms with Crippen molar-refractivity contribution in [3.8, 4) is 11.5 Å². The highest BCUT2D eigenvalue weighted by Gasteiger charge is 2.30. The molecule has 25 heavy (non-hydrogen) atoms. The van der Waals surface area contributed by atoms with Crippen LogP contribution < -0.4 is 14.8 Å². The van der Waals surface area contributed by atoms with E-state index in [1.807, 2.05) is 13.8 Å². The topological polar surface area (TPSA) is 47.6 Å². The molecule has 2 rings (SSSR count). The lowest BCUT2D eigenvalue weighted by atomic mass is 10.1. The van der Waals surface area contributed by atoms with Crippen molar-refractivity contribution in [3.63, 3.8) is 0 Å². The van der Waals surface area contributed by atoms with Crippen molar-refractivity contribution < 1.29 is 27.4 Å². The third-order valence-electron chi connectivity index (χ3n) is 3.15. The summed E-state index contributed by atoms with van der Waals surface area (Å²) >= 11 is 6.06. The van der Waals surface area contributed by atoms with Gasteiger partial charge in [0, 0.05) is 10.7 Å². The second kappa shape index (κ2) is 7.65. The van der Waals surface area contributed by atoms with E-state index < -0.39 is 12.3 Å². The zero-order valence-corrected chi connectivity index (χ0v) is 14.2. The van der Waals surface area contributed by atoms with Gasteiger partial charge in [-0.3, -0.25) is 4.79 Å². The van der Waals surface area contributed by atoms with E-state index >= 15 is 0 Å². The molecule has 8 heteroatoms. The van der Waals surface area contributed by atoms with E-state index in [4.69, 9.17) is 16.3 Å². The van der Waals surface area contributed by atoms with Crippen molar-refractivity contribution in [1.29, 1.82) is 0 Å². The molecule has 0 heterocycles. The third kappa shape index (κ3) is 5.86. The molecule has 134 valence electrons. The summed E-state index contributed by atoms with van der Waals surface area (Å²) in [4.78, 5) is 11.9. The summed E-state index contributed by atoms with van der Waals surface area (Å²) < 4.78 is 45.4. The molecule has 0 aliphatic carbocycles. The molecule has 0 unspecified atom stereocenters. The first-order valence-corrected chi connectivity index (χ1v) is 7.57. The lowest BCUT2D eigenvalue weighted by Crippen LogP contribution is -2.20. The Kier molecular flexibility index (Phi) is 5.79. The number of anilines is 1. The summed E-state index contributed by atoms with van der Waals surface area (Å²) in [5.74, 6) is -0.313. The quantitative estimate of drug-likeness (QED) is 0.813. The van der Waals surface area contributed by atoms with Gasteiger partial charge in [0.25, 0.3) is 5.91 Å². The van der Waals surface area contributed by atoms with Crippen LogP contribution in [0, 0.1) is 13.8 Å². The molecule has 2 aromatic rings. The SMILES string of the molecule is Cc1cc(OCC(=O)Nc2ccc(OC(F)(F)F)cc2)cc(C)c1Cl. The van der Waals surface area contributed by atoms with E-state index in [1.54, 1.807) is 12.1 Å². The van der Waals surface area contributed by atoms with Gasteiger partial charge in [0.2, 0.25) is 0 Å².